The van der Waals surface area contributed by atoms with Crippen molar-refractivity contribution in [3.63, 3.8) is 0 Å². The molecule has 1 aliphatic rings. The smallest absolute Gasteiger partial charge is 0.233 e. The van der Waals surface area contributed by atoms with Gasteiger partial charge in [0.2, 0.25) is 5.91 Å². The van der Waals surface area contributed by atoms with Gasteiger partial charge < -0.3 is 10.0 Å². The number of amides is 1. The fourth-order valence-electron chi connectivity index (χ4n) is 3.11. The highest BCUT2D eigenvalue weighted by atomic mass is 16.3. The van der Waals surface area contributed by atoms with E-state index in [0.717, 1.165) is 16.8 Å². The summed E-state index contributed by atoms with van der Waals surface area (Å²) < 4.78 is 0. The molecule has 0 saturated carbocycles. The SMILES string of the molecule is CN1C(=O)C(Cc2ccccc2)C(C)(O)c2ccccc21. The van der Waals surface area contributed by atoms with Gasteiger partial charge in [-0.25, -0.2) is 0 Å². The highest BCUT2D eigenvalue weighted by molar-refractivity contribution is 5.99. The van der Waals surface area contributed by atoms with E-state index in [1.807, 2.05) is 54.6 Å². The van der Waals surface area contributed by atoms with Crippen molar-refractivity contribution in [1.82, 2.24) is 0 Å². The van der Waals surface area contributed by atoms with Crippen LogP contribution in [0.1, 0.15) is 18.1 Å². The van der Waals surface area contributed by atoms with Crippen molar-refractivity contribution in [2.24, 2.45) is 5.92 Å². The summed E-state index contributed by atoms with van der Waals surface area (Å²) in [4.78, 5) is 14.3. The number of aliphatic hydroxyl groups is 1. The summed E-state index contributed by atoms with van der Waals surface area (Å²) in [6.07, 6.45) is 0.533. The number of carbonyl (C=O) groups excluding carboxylic acids is 1. The number of para-hydroxylation sites is 1. The lowest BCUT2D eigenvalue weighted by Crippen LogP contribution is -2.50. The molecule has 2 unspecified atom stereocenters. The van der Waals surface area contributed by atoms with Gasteiger partial charge in [-0.2, -0.15) is 0 Å². The molecule has 0 radical (unpaired) electrons. The zero-order chi connectivity index (χ0) is 15.0. The molecule has 2 aromatic carbocycles. The van der Waals surface area contributed by atoms with Crippen LogP contribution in [0.2, 0.25) is 0 Å². The van der Waals surface area contributed by atoms with Gasteiger partial charge in [0, 0.05) is 18.3 Å². The molecule has 2 atom stereocenters. The van der Waals surface area contributed by atoms with E-state index >= 15 is 0 Å². The van der Waals surface area contributed by atoms with E-state index in [9.17, 15) is 9.90 Å². The molecule has 108 valence electrons. The van der Waals surface area contributed by atoms with Crippen molar-refractivity contribution in [2.75, 3.05) is 11.9 Å². The average molecular weight is 281 g/mol. The third kappa shape index (κ3) is 2.24. The number of hydrogen-bond donors (Lipinski definition) is 1. The van der Waals surface area contributed by atoms with Crippen LogP contribution in [0.15, 0.2) is 54.6 Å². The van der Waals surface area contributed by atoms with Crippen LogP contribution in [0, 0.1) is 5.92 Å². The van der Waals surface area contributed by atoms with Crippen molar-refractivity contribution in [1.29, 1.82) is 0 Å². The first-order chi connectivity index (χ1) is 10.0. The monoisotopic (exact) mass is 281 g/mol. The number of fused-ring (bicyclic) bond motifs is 1. The van der Waals surface area contributed by atoms with Crippen LogP contribution in [-0.2, 0) is 16.8 Å². The Morgan fingerprint density at radius 3 is 2.43 bits per heavy atom. The summed E-state index contributed by atoms with van der Waals surface area (Å²) in [5.41, 5.74) is 1.50. The van der Waals surface area contributed by atoms with E-state index < -0.39 is 11.5 Å². The molecule has 1 aliphatic heterocycles. The zero-order valence-corrected chi connectivity index (χ0v) is 12.3. The molecule has 0 saturated heterocycles. The summed E-state index contributed by atoms with van der Waals surface area (Å²) in [6.45, 7) is 1.74. The maximum absolute atomic E-state index is 12.7. The van der Waals surface area contributed by atoms with E-state index in [2.05, 4.69) is 0 Å². The summed E-state index contributed by atoms with van der Waals surface area (Å²) in [6, 6.07) is 17.4. The quantitative estimate of drug-likeness (QED) is 0.919. The van der Waals surface area contributed by atoms with E-state index in [0.29, 0.717) is 6.42 Å². The second-order valence-electron chi connectivity index (χ2n) is 5.80. The molecule has 3 nitrogen and oxygen atoms in total. The van der Waals surface area contributed by atoms with Gasteiger partial charge in [-0.15, -0.1) is 0 Å². The second-order valence-corrected chi connectivity index (χ2v) is 5.80. The minimum absolute atomic E-state index is 0.0393. The van der Waals surface area contributed by atoms with Crippen LogP contribution >= 0.6 is 0 Å². The van der Waals surface area contributed by atoms with Crippen LogP contribution in [0.25, 0.3) is 0 Å². The first kappa shape index (κ1) is 13.8. The van der Waals surface area contributed by atoms with Gasteiger partial charge in [0.05, 0.1) is 5.92 Å². The number of anilines is 1. The molecule has 0 aromatic heterocycles. The molecular weight excluding hydrogens is 262 g/mol. The van der Waals surface area contributed by atoms with Crippen molar-refractivity contribution < 1.29 is 9.90 Å². The summed E-state index contributed by atoms with van der Waals surface area (Å²) in [7, 11) is 1.77. The minimum atomic E-state index is -1.16. The van der Waals surface area contributed by atoms with Crippen LogP contribution < -0.4 is 4.90 Å². The number of rotatable bonds is 2. The second kappa shape index (κ2) is 5.01. The Balaban J connectivity index is 2.04. The predicted molar refractivity (Wildman–Crippen MR) is 83.1 cm³/mol. The van der Waals surface area contributed by atoms with E-state index in [1.54, 1.807) is 18.9 Å². The number of nitrogens with zero attached hydrogens (tertiary/aromatic N) is 1. The van der Waals surface area contributed by atoms with E-state index in [4.69, 9.17) is 0 Å². The van der Waals surface area contributed by atoms with Crippen molar-refractivity contribution in [3.05, 3.63) is 65.7 Å². The van der Waals surface area contributed by atoms with Crippen LogP contribution in [0.5, 0.6) is 0 Å². The van der Waals surface area contributed by atoms with Gasteiger partial charge in [0.25, 0.3) is 0 Å². The first-order valence-corrected chi connectivity index (χ1v) is 7.15. The van der Waals surface area contributed by atoms with Crippen molar-refractivity contribution >= 4 is 11.6 Å². The Labute approximate surface area is 124 Å². The third-order valence-corrected chi connectivity index (χ3v) is 4.40. The minimum Gasteiger partial charge on any atom is -0.385 e. The van der Waals surface area contributed by atoms with Crippen LogP contribution in [0.3, 0.4) is 0 Å². The maximum atomic E-state index is 12.7. The van der Waals surface area contributed by atoms with Gasteiger partial charge in [0.1, 0.15) is 5.60 Å². The summed E-state index contributed by atoms with van der Waals surface area (Å²) in [5.74, 6) is -0.512. The molecule has 0 bridgehead atoms. The molecular formula is C18H19NO2. The Kier molecular flexibility index (Phi) is 3.30. The lowest BCUT2D eigenvalue weighted by molar-refractivity contribution is -0.132. The number of carbonyl (C=O) groups is 1. The van der Waals surface area contributed by atoms with Crippen molar-refractivity contribution in [3.8, 4) is 0 Å². The zero-order valence-electron chi connectivity index (χ0n) is 12.3. The highest BCUT2D eigenvalue weighted by Gasteiger charge is 2.46. The Bertz CT molecular complexity index is 664. The highest BCUT2D eigenvalue weighted by Crippen LogP contribution is 2.42. The third-order valence-electron chi connectivity index (χ3n) is 4.40. The number of hydrogen-bond acceptors (Lipinski definition) is 2. The molecule has 3 heteroatoms. The van der Waals surface area contributed by atoms with Crippen LogP contribution in [-0.4, -0.2) is 18.1 Å². The topological polar surface area (TPSA) is 40.5 Å². The lowest BCUT2D eigenvalue weighted by Gasteiger charge is -2.42. The van der Waals surface area contributed by atoms with Crippen LogP contribution in [0.4, 0.5) is 5.69 Å². The molecule has 0 aliphatic carbocycles. The number of benzene rings is 2. The van der Waals surface area contributed by atoms with Gasteiger partial charge in [0.15, 0.2) is 0 Å². The predicted octanol–water partition coefficient (Wildman–Crippen LogP) is 2.73. The fourth-order valence-corrected chi connectivity index (χ4v) is 3.11. The Morgan fingerprint density at radius 2 is 1.71 bits per heavy atom. The summed E-state index contributed by atoms with van der Waals surface area (Å²) >= 11 is 0. The molecule has 21 heavy (non-hydrogen) atoms. The normalized spacial score (nSPS) is 24.8. The molecule has 1 heterocycles. The molecule has 0 fully saturated rings. The largest absolute Gasteiger partial charge is 0.385 e. The maximum Gasteiger partial charge on any atom is 0.233 e. The fraction of sp³-hybridized carbons (Fsp3) is 0.278. The van der Waals surface area contributed by atoms with E-state index in [-0.39, 0.29) is 5.91 Å². The Hall–Kier alpha value is -2.13. The van der Waals surface area contributed by atoms with Gasteiger partial charge in [-0.1, -0.05) is 48.5 Å². The Morgan fingerprint density at radius 1 is 1.10 bits per heavy atom. The standard InChI is InChI=1S/C18H19NO2/c1-18(21)14-10-6-7-11-16(14)19(2)17(20)15(18)12-13-8-4-3-5-9-13/h3-11,15,21H,12H2,1-2H3. The average Bonchev–Trinajstić information content (AvgIpc) is 2.51. The molecule has 1 N–H and O–H groups in total. The molecule has 0 spiro atoms. The van der Waals surface area contributed by atoms with Gasteiger partial charge in [-0.05, 0) is 25.0 Å². The lowest BCUT2D eigenvalue weighted by atomic mass is 9.75. The molecule has 3 rings (SSSR count). The summed E-state index contributed by atoms with van der Waals surface area (Å²) in [5, 5.41) is 11.0. The van der Waals surface area contributed by atoms with Gasteiger partial charge >= 0.3 is 0 Å². The van der Waals surface area contributed by atoms with E-state index in [1.165, 1.54) is 0 Å². The van der Waals surface area contributed by atoms with Gasteiger partial charge in [-0.3, -0.25) is 4.79 Å². The molecule has 2 aromatic rings. The molecule has 1 amide bonds. The van der Waals surface area contributed by atoms with Crippen molar-refractivity contribution in [2.45, 2.75) is 18.9 Å². The first-order valence-electron chi connectivity index (χ1n) is 7.15.